The van der Waals surface area contributed by atoms with E-state index < -0.39 is 36.9 Å². The molecular formula is C17H16N6O7S. The number of aromatic nitrogens is 2. The number of hydrogen-bond acceptors (Lipinski definition) is 8. The van der Waals surface area contributed by atoms with Crippen LogP contribution in [-0.2, 0) is 10.0 Å². The second-order valence-corrected chi connectivity index (χ2v) is 8.80. The molecule has 1 fully saturated rings. The molecule has 1 saturated heterocycles. The lowest BCUT2D eigenvalue weighted by molar-refractivity contribution is -0.393. The maximum atomic E-state index is 13.0. The number of nitrogens with one attached hydrogen (secondary N) is 2. The van der Waals surface area contributed by atoms with Crippen molar-refractivity contribution in [2.24, 2.45) is 0 Å². The Morgan fingerprint density at radius 1 is 0.871 bits per heavy atom. The number of non-ortho nitro benzene ring substituents is 1. The van der Waals surface area contributed by atoms with Crippen molar-refractivity contribution in [2.75, 3.05) is 31.1 Å². The van der Waals surface area contributed by atoms with Crippen LogP contribution in [0.4, 0.5) is 17.1 Å². The van der Waals surface area contributed by atoms with Crippen molar-refractivity contribution in [3.63, 3.8) is 0 Å². The number of H-pyrrole nitrogens is 2. The molecule has 0 unspecified atom stereocenters. The van der Waals surface area contributed by atoms with Crippen LogP contribution in [0, 0.1) is 20.2 Å². The third-order valence-electron chi connectivity index (χ3n) is 5.07. The van der Waals surface area contributed by atoms with Gasteiger partial charge in [0.2, 0.25) is 10.0 Å². The molecule has 0 saturated carbocycles. The molecule has 0 bridgehead atoms. The number of anilines is 1. The third-order valence-corrected chi connectivity index (χ3v) is 6.97. The number of rotatable bonds is 5. The summed E-state index contributed by atoms with van der Waals surface area (Å²) in [7, 11) is -3.85. The smallest absolute Gasteiger partial charge is 0.323 e. The Hall–Kier alpha value is -3.78. The van der Waals surface area contributed by atoms with Gasteiger partial charge in [0.25, 0.3) is 11.4 Å². The molecule has 0 atom stereocenters. The van der Waals surface area contributed by atoms with Gasteiger partial charge in [0.15, 0.2) is 0 Å². The lowest BCUT2D eigenvalue weighted by Crippen LogP contribution is -2.48. The van der Waals surface area contributed by atoms with Crippen molar-refractivity contribution >= 4 is 38.1 Å². The van der Waals surface area contributed by atoms with Gasteiger partial charge in [-0.2, -0.15) is 4.31 Å². The summed E-state index contributed by atoms with van der Waals surface area (Å²) in [4.78, 5) is 39.0. The number of imidazole rings is 1. The van der Waals surface area contributed by atoms with Crippen molar-refractivity contribution in [1.82, 2.24) is 14.3 Å². The van der Waals surface area contributed by atoms with Crippen LogP contribution < -0.4 is 10.6 Å². The molecular weight excluding hydrogens is 432 g/mol. The van der Waals surface area contributed by atoms with Gasteiger partial charge >= 0.3 is 5.69 Å². The topological polar surface area (TPSA) is 176 Å². The van der Waals surface area contributed by atoms with Gasteiger partial charge in [0, 0.05) is 32.2 Å². The molecule has 0 radical (unpaired) electrons. The lowest BCUT2D eigenvalue weighted by Gasteiger charge is -2.35. The molecule has 13 nitrogen and oxygen atoms in total. The monoisotopic (exact) mass is 448 g/mol. The molecule has 1 aliphatic rings. The van der Waals surface area contributed by atoms with Crippen molar-refractivity contribution in [3.8, 4) is 0 Å². The van der Waals surface area contributed by atoms with Gasteiger partial charge in [-0.3, -0.25) is 20.2 Å². The van der Waals surface area contributed by atoms with Gasteiger partial charge in [-0.05, 0) is 24.3 Å². The summed E-state index contributed by atoms with van der Waals surface area (Å²) >= 11 is 0. The number of nitro benzene ring substituents is 2. The van der Waals surface area contributed by atoms with E-state index >= 15 is 0 Å². The Morgan fingerprint density at radius 2 is 1.55 bits per heavy atom. The maximum Gasteiger partial charge on any atom is 0.323 e. The van der Waals surface area contributed by atoms with Crippen molar-refractivity contribution < 1.29 is 18.3 Å². The number of aromatic amines is 2. The normalized spacial score (nSPS) is 15.3. The van der Waals surface area contributed by atoms with Gasteiger partial charge in [-0.1, -0.05) is 0 Å². The molecule has 2 heterocycles. The highest BCUT2D eigenvalue weighted by atomic mass is 32.2. The van der Waals surface area contributed by atoms with Crippen molar-refractivity contribution in [1.29, 1.82) is 0 Å². The van der Waals surface area contributed by atoms with E-state index in [0.717, 1.165) is 6.07 Å². The summed E-state index contributed by atoms with van der Waals surface area (Å²) < 4.78 is 27.3. The van der Waals surface area contributed by atoms with E-state index in [2.05, 4.69) is 9.97 Å². The minimum Gasteiger partial charge on any atom is -0.363 e. The minimum atomic E-state index is -3.85. The zero-order valence-corrected chi connectivity index (χ0v) is 16.7. The number of fused-ring (bicyclic) bond motifs is 1. The molecule has 162 valence electrons. The predicted octanol–water partition coefficient (Wildman–Crippen LogP) is 1.18. The number of nitro groups is 2. The fourth-order valence-corrected chi connectivity index (χ4v) is 4.98. The first-order valence-corrected chi connectivity index (χ1v) is 10.5. The number of nitrogens with zero attached hydrogens (tertiary/aromatic N) is 4. The Labute approximate surface area is 174 Å². The van der Waals surface area contributed by atoms with Crippen LogP contribution >= 0.6 is 0 Å². The van der Waals surface area contributed by atoms with E-state index in [1.54, 1.807) is 4.90 Å². The molecule has 3 aromatic rings. The SMILES string of the molecule is O=c1[nH]c2ccc(S(=O)(=O)N3CCN(c4ccc([N+](=O)[O-])cc4[N+](=O)[O-])CC3)cc2[nH]1. The first-order valence-electron chi connectivity index (χ1n) is 9.07. The summed E-state index contributed by atoms with van der Waals surface area (Å²) in [6.07, 6.45) is 0. The number of piperazine rings is 1. The molecule has 14 heteroatoms. The fourth-order valence-electron chi connectivity index (χ4n) is 3.53. The fraction of sp³-hybridized carbons (Fsp3) is 0.235. The van der Waals surface area contributed by atoms with Gasteiger partial charge in [0.05, 0.1) is 31.8 Å². The molecule has 1 aliphatic heterocycles. The zero-order valence-electron chi connectivity index (χ0n) is 15.8. The minimum absolute atomic E-state index is 0.0185. The lowest BCUT2D eigenvalue weighted by atomic mass is 10.2. The number of hydrogen-bond donors (Lipinski definition) is 2. The van der Waals surface area contributed by atoms with E-state index in [9.17, 15) is 33.4 Å². The zero-order chi connectivity index (χ0) is 22.3. The van der Waals surface area contributed by atoms with Gasteiger partial charge in [-0.15, -0.1) is 0 Å². The Morgan fingerprint density at radius 3 is 2.19 bits per heavy atom. The molecule has 31 heavy (non-hydrogen) atoms. The van der Waals surface area contributed by atoms with Crippen LogP contribution in [0.25, 0.3) is 11.0 Å². The van der Waals surface area contributed by atoms with Gasteiger partial charge in [-0.25, -0.2) is 13.2 Å². The van der Waals surface area contributed by atoms with E-state index in [0.29, 0.717) is 11.0 Å². The van der Waals surface area contributed by atoms with Crippen LogP contribution in [0.5, 0.6) is 0 Å². The first kappa shape index (κ1) is 20.5. The summed E-state index contributed by atoms with van der Waals surface area (Å²) in [6.45, 7) is 0.471. The summed E-state index contributed by atoms with van der Waals surface area (Å²) in [5.41, 5.74) is -0.200. The number of sulfonamides is 1. The van der Waals surface area contributed by atoms with E-state index in [1.807, 2.05) is 0 Å². The standard InChI is InChI=1S/C17H16N6O7S/c24-17-18-13-3-2-12(10-14(13)19-17)31(29,30)21-7-5-20(6-8-21)15-4-1-11(22(25)26)9-16(15)23(27)28/h1-4,9-10H,5-8H2,(H2,18,19,24). The molecule has 2 N–H and O–H groups in total. The molecule has 4 rings (SSSR count). The second kappa shape index (κ2) is 7.48. The van der Waals surface area contributed by atoms with Crippen LogP contribution in [0.2, 0.25) is 0 Å². The van der Waals surface area contributed by atoms with Crippen LogP contribution in [0.15, 0.2) is 46.1 Å². The summed E-state index contributed by atoms with van der Waals surface area (Å²) in [6, 6.07) is 7.64. The van der Waals surface area contributed by atoms with Crippen LogP contribution in [0.3, 0.4) is 0 Å². The van der Waals surface area contributed by atoms with Crippen molar-refractivity contribution in [3.05, 3.63) is 67.1 Å². The van der Waals surface area contributed by atoms with Crippen LogP contribution in [-0.4, -0.2) is 58.7 Å². The van der Waals surface area contributed by atoms with Gasteiger partial charge in [0.1, 0.15) is 5.69 Å². The Balaban J connectivity index is 1.56. The van der Waals surface area contributed by atoms with E-state index in [4.69, 9.17) is 0 Å². The van der Waals surface area contributed by atoms with Gasteiger partial charge < -0.3 is 14.9 Å². The first-order chi connectivity index (χ1) is 14.7. The van der Waals surface area contributed by atoms with E-state index in [-0.39, 0.29) is 36.8 Å². The summed E-state index contributed by atoms with van der Waals surface area (Å²) in [5, 5.41) is 22.3. The van der Waals surface area contributed by atoms with Crippen LogP contribution in [0.1, 0.15) is 0 Å². The highest BCUT2D eigenvalue weighted by molar-refractivity contribution is 7.89. The maximum absolute atomic E-state index is 13.0. The second-order valence-electron chi connectivity index (χ2n) is 6.86. The quantitative estimate of drug-likeness (QED) is 0.432. The third kappa shape index (κ3) is 3.73. The largest absolute Gasteiger partial charge is 0.363 e. The highest BCUT2D eigenvalue weighted by Crippen LogP contribution is 2.33. The predicted molar refractivity (Wildman–Crippen MR) is 110 cm³/mol. The average molecular weight is 448 g/mol. The molecule has 2 aromatic carbocycles. The Bertz CT molecular complexity index is 1350. The highest BCUT2D eigenvalue weighted by Gasteiger charge is 2.31. The summed E-state index contributed by atoms with van der Waals surface area (Å²) in [5.74, 6) is 0. The van der Waals surface area contributed by atoms with Crippen molar-refractivity contribution in [2.45, 2.75) is 4.90 Å². The molecule has 0 amide bonds. The molecule has 1 aromatic heterocycles. The Kier molecular flexibility index (Phi) is 4.94. The average Bonchev–Trinajstić information content (AvgIpc) is 3.12. The number of benzene rings is 2. The molecule has 0 aliphatic carbocycles. The molecule has 0 spiro atoms. The van der Waals surface area contributed by atoms with E-state index in [1.165, 1.54) is 34.6 Å².